The van der Waals surface area contributed by atoms with Crippen molar-refractivity contribution in [1.82, 2.24) is 14.8 Å². The van der Waals surface area contributed by atoms with Crippen molar-refractivity contribution in [3.05, 3.63) is 58.9 Å². The second kappa shape index (κ2) is 8.68. The first-order chi connectivity index (χ1) is 14.0. The molecule has 1 N–H and O–H groups in total. The SMILES string of the molecule is CCN1CCN(C(c2cc(C(C)(C)C)c(O)c(C(C)(C)C)c2)c2ccccn2)CC1. The number of hydrogen-bond donors (Lipinski definition) is 1. The van der Waals surface area contributed by atoms with Crippen molar-refractivity contribution in [3.63, 3.8) is 0 Å². The van der Waals surface area contributed by atoms with Crippen molar-refractivity contribution in [3.8, 4) is 5.75 Å². The van der Waals surface area contributed by atoms with Gasteiger partial charge in [0, 0.05) is 32.4 Å². The number of nitrogens with zero attached hydrogens (tertiary/aromatic N) is 3. The maximum atomic E-state index is 11.2. The molecule has 164 valence electrons. The minimum absolute atomic E-state index is 0.0907. The standard InChI is InChI=1S/C26H39N3O/c1-8-28-13-15-29(16-14-28)23(22-11-9-10-12-27-22)19-17-20(25(2,3)4)24(30)21(18-19)26(5,6)7/h9-12,17-18,23,30H,8,13-16H2,1-7H3. The summed E-state index contributed by atoms with van der Waals surface area (Å²) in [6.45, 7) is 20.6. The molecule has 3 rings (SSSR count). The van der Waals surface area contributed by atoms with E-state index in [0.29, 0.717) is 5.75 Å². The lowest BCUT2D eigenvalue weighted by Gasteiger charge is -2.40. The molecule has 4 nitrogen and oxygen atoms in total. The van der Waals surface area contributed by atoms with E-state index in [9.17, 15) is 5.11 Å². The minimum atomic E-state index is -0.143. The normalized spacial score (nSPS) is 17.8. The fraction of sp³-hybridized carbons (Fsp3) is 0.577. The van der Waals surface area contributed by atoms with Crippen LogP contribution in [0, 0.1) is 0 Å². The van der Waals surface area contributed by atoms with Crippen molar-refractivity contribution < 1.29 is 5.11 Å². The molecule has 0 amide bonds. The van der Waals surface area contributed by atoms with E-state index in [-0.39, 0.29) is 16.9 Å². The second-order valence-corrected chi connectivity index (χ2v) is 10.6. The third-order valence-electron chi connectivity index (χ3n) is 6.25. The number of aromatic nitrogens is 1. The van der Waals surface area contributed by atoms with Crippen LogP contribution in [-0.2, 0) is 10.8 Å². The Hall–Kier alpha value is -1.91. The predicted molar refractivity (Wildman–Crippen MR) is 125 cm³/mol. The van der Waals surface area contributed by atoms with Crippen LogP contribution < -0.4 is 0 Å². The van der Waals surface area contributed by atoms with Crippen LogP contribution in [0.2, 0.25) is 0 Å². The molecule has 1 aliphatic rings. The van der Waals surface area contributed by atoms with E-state index in [2.05, 4.69) is 82.5 Å². The Balaban J connectivity index is 2.16. The number of piperazine rings is 1. The van der Waals surface area contributed by atoms with Crippen LogP contribution in [0.3, 0.4) is 0 Å². The summed E-state index contributed by atoms with van der Waals surface area (Å²) in [6, 6.07) is 10.7. The van der Waals surface area contributed by atoms with Crippen LogP contribution in [0.1, 0.15) is 76.9 Å². The molecule has 2 aromatic rings. The van der Waals surface area contributed by atoms with Gasteiger partial charge in [-0.15, -0.1) is 0 Å². The summed E-state index contributed by atoms with van der Waals surface area (Å²) < 4.78 is 0. The van der Waals surface area contributed by atoms with E-state index in [0.717, 1.165) is 49.5 Å². The highest BCUT2D eigenvalue weighted by molar-refractivity contribution is 5.51. The van der Waals surface area contributed by atoms with E-state index in [1.807, 2.05) is 12.3 Å². The highest BCUT2D eigenvalue weighted by atomic mass is 16.3. The summed E-state index contributed by atoms with van der Waals surface area (Å²) in [7, 11) is 0. The number of hydrogen-bond acceptors (Lipinski definition) is 4. The molecule has 0 spiro atoms. The summed E-state index contributed by atoms with van der Waals surface area (Å²) in [6.07, 6.45) is 1.89. The summed E-state index contributed by atoms with van der Waals surface area (Å²) in [5.74, 6) is 0.439. The molecule has 1 atom stereocenters. The summed E-state index contributed by atoms with van der Waals surface area (Å²) >= 11 is 0. The molecule has 1 aromatic carbocycles. The van der Waals surface area contributed by atoms with E-state index in [4.69, 9.17) is 4.98 Å². The van der Waals surface area contributed by atoms with Gasteiger partial charge in [-0.05, 0) is 58.3 Å². The number of benzene rings is 1. The van der Waals surface area contributed by atoms with E-state index in [1.54, 1.807) is 0 Å². The Bertz CT molecular complexity index is 806. The molecule has 0 aliphatic carbocycles. The Labute approximate surface area is 182 Å². The molecule has 1 aromatic heterocycles. The molecule has 30 heavy (non-hydrogen) atoms. The molecule has 1 saturated heterocycles. The van der Waals surface area contributed by atoms with Gasteiger partial charge in [0.05, 0.1) is 11.7 Å². The van der Waals surface area contributed by atoms with Crippen molar-refractivity contribution in [2.45, 2.75) is 65.3 Å². The average Bonchev–Trinajstić information content (AvgIpc) is 2.69. The molecule has 0 radical (unpaired) electrons. The molecule has 1 unspecified atom stereocenters. The van der Waals surface area contributed by atoms with Crippen molar-refractivity contribution in [2.24, 2.45) is 0 Å². The molecule has 4 heteroatoms. The Kier molecular flexibility index (Phi) is 6.59. The number of aromatic hydroxyl groups is 1. The molecule has 2 heterocycles. The predicted octanol–water partition coefficient (Wildman–Crippen LogP) is 5.11. The monoisotopic (exact) mass is 409 g/mol. The van der Waals surface area contributed by atoms with Gasteiger partial charge in [-0.2, -0.15) is 0 Å². The second-order valence-electron chi connectivity index (χ2n) is 10.6. The van der Waals surface area contributed by atoms with Crippen molar-refractivity contribution >= 4 is 0 Å². The van der Waals surface area contributed by atoms with E-state index < -0.39 is 0 Å². The van der Waals surface area contributed by atoms with Gasteiger partial charge >= 0.3 is 0 Å². The number of rotatable bonds is 4. The van der Waals surface area contributed by atoms with Gasteiger partial charge in [0.1, 0.15) is 5.75 Å². The fourth-order valence-electron chi connectivity index (χ4n) is 4.40. The molecule has 1 fully saturated rings. The highest BCUT2D eigenvalue weighted by Gasteiger charge is 2.32. The Morgan fingerprint density at radius 1 is 0.933 bits per heavy atom. The van der Waals surface area contributed by atoms with Gasteiger partial charge in [-0.25, -0.2) is 0 Å². The number of phenolic OH excluding ortho intramolecular Hbond substituents is 1. The lowest BCUT2D eigenvalue weighted by Crippen LogP contribution is -2.47. The highest BCUT2D eigenvalue weighted by Crippen LogP contribution is 2.42. The fourth-order valence-corrected chi connectivity index (χ4v) is 4.40. The van der Waals surface area contributed by atoms with Crippen LogP contribution in [-0.4, -0.2) is 52.6 Å². The van der Waals surface area contributed by atoms with E-state index >= 15 is 0 Å². The lowest BCUT2D eigenvalue weighted by molar-refractivity contribution is 0.112. The molecular formula is C26H39N3O. The summed E-state index contributed by atoms with van der Waals surface area (Å²) in [5.41, 5.74) is 4.04. The van der Waals surface area contributed by atoms with Crippen molar-refractivity contribution in [1.29, 1.82) is 0 Å². The number of likely N-dealkylation sites (N-methyl/N-ethyl adjacent to an activating group) is 1. The largest absolute Gasteiger partial charge is 0.507 e. The first kappa shape index (κ1) is 22.8. The van der Waals surface area contributed by atoms with Crippen LogP contribution in [0.25, 0.3) is 0 Å². The van der Waals surface area contributed by atoms with Crippen LogP contribution in [0.15, 0.2) is 36.5 Å². The maximum absolute atomic E-state index is 11.2. The first-order valence-corrected chi connectivity index (χ1v) is 11.3. The zero-order chi connectivity index (χ0) is 22.1. The third kappa shape index (κ3) is 4.87. The van der Waals surface area contributed by atoms with Crippen LogP contribution in [0.5, 0.6) is 5.75 Å². The molecule has 0 bridgehead atoms. The quantitative estimate of drug-likeness (QED) is 0.762. The lowest BCUT2D eigenvalue weighted by atomic mass is 9.77. The topological polar surface area (TPSA) is 39.6 Å². The zero-order valence-electron chi connectivity index (χ0n) is 19.9. The number of pyridine rings is 1. The number of phenols is 1. The van der Waals surface area contributed by atoms with Gasteiger partial charge in [0.2, 0.25) is 0 Å². The average molecular weight is 410 g/mol. The van der Waals surface area contributed by atoms with Gasteiger partial charge in [0.25, 0.3) is 0 Å². The smallest absolute Gasteiger partial charge is 0.123 e. The van der Waals surface area contributed by atoms with Gasteiger partial charge in [0.15, 0.2) is 0 Å². The van der Waals surface area contributed by atoms with Crippen LogP contribution >= 0.6 is 0 Å². The molecule has 1 aliphatic heterocycles. The summed E-state index contributed by atoms with van der Waals surface area (Å²) in [5, 5.41) is 11.2. The maximum Gasteiger partial charge on any atom is 0.123 e. The minimum Gasteiger partial charge on any atom is -0.507 e. The zero-order valence-corrected chi connectivity index (χ0v) is 19.9. The van der Waals surface area contributed by atoms with Gasteiger partial charge in [-0.1, -0.05) is 54.5 Å². The van der Waals surface area contributed by atoms with Crippen LogP contribution in [0.4, 0.5) is 0 Å². The van der Waals surface area contributed by atoms with E-state index in [1.165, 1.54) is 5.56 Å². The molecular weight excluding hydrogens is 370 g/mol. The first-order valence-electron chi connectivity index (χ1n) is 11.3. The molecule has 0 saturated carbocycles. The van der Waals surface area contributed by atoms with Gasteiger partial charge < -0.3 is 10.0 Å². The summed E-state index contributed by atoms with van der Waals surface area (Å²) in [4.78, 5) is 9.82. The Morgan fingerprint density at radius 3 is 1.93 bits per heavy atom. The van der Waals surface area contributed by atoms with Gasteiger partial charge in [-0.3, -0.25) is 9.88 Å². The Morgan fingerprint density at radius 2 is 1.50 bits per heavy atom. The third-order valence-corrected chi connectivity index (χ3v) is 6.25. The van der Waals surface area contributed by atoms with Crippen molar-refractivity contribution in [2.75, 3.05) is 32.7 Å².